The molecule has 2 aromatic carbocycles. The number of phenolic OH excluding ortho intramolecular Hbond substituents is 1. The number of phenols is 1. The van der Waals surface area contributed by atoms with Crippen LogP contribution in [0.2, 0.25) is 5.02 Å². The zero-order chi connectivity index (χ0) is 14.5. The van der Waals surface area contributed by atoms with E-state index < -0.39 is 0 Å². The fourth-order valence-electron chi connectivity index (χ4n) is 1.53. The molecular formula is C14H12BrClN2O2. The van der Waals surface area contributed by atoms with Crippen molar-refractivity contribution in [2.45, 2.75) is 0 Å². The number of aromatic hydroxyl groups is 1. The van der Waals surface area contributed by atoms with Gasteiger partial charge in [-0.25, -0.2) is 0 Å². The molecule has 0 aliphatic heterocycles. The summed E-state index contributed by atoms with van der Waals surface area (Å²) in [7, 11) is 1.46. The first-order valence-electron chi connectivity index (χ1n) is 5.71. The Kier molecular flexibility index (Phi) is 4.87. The zero-order valence-electron chi connectivity index (χ0n) is 10.6. The fourth-order valence-corrected chi connectivity index (χ4v) is 2.01. The van der Waals surface area contributed by atoms with E-state index in [1.807, 2.05) is 24.3 Å². The Balaban J connectivity index is 2.11. The number of methoxy groups -OCH3 is 1. The van der Waals surface area contributed by atoms with Crippen molar-refractivity contribution < 1.29 is 9.84 Å². The fraction of sp³-hybridized carbons (Fsp3) is 0.0714. The number of anilines is 1. The SMILES string of the molecule is COc1cc(/C=N/Nc2ccc(Br)cc2)cc(Cl)c1O. The van der Waals surface area contributed by atoms with Gasteiger partial charge in [0.05, 0.1) is 24.0 Å². The molecular weight excluding hydrogens is 344 g/mol. The van der Waals surface area contributed by atoms with Crippen molar-refractivity contribution in [1.82, 2.24) is 0 Å². The van der Waals surface area contributed by atoms with Gasteiger partial charge in [-0.15, -0.1) is 0 Å². The lowest BCUT2D eigenvalue weighted by Gasteiger charge is -2.06. The minimum Gasteiger partial charge on any atom is -0.503 e. The molecule has 0 spiro atoms. The largest absolute Gasteiger partial charge is 0.503 e. The van der Waals surface area contributed by atoms with Crippen LogP contribution in [0.4, 0.5) is 5.69 Å². The Morgan fingerprint density at radius 3 is 2.65 bits per heavy atom. The van der Waals surface area contributed by atoms with E-state index in [0.29, 0.717) is 11.3 Å². The molecule has 104 valence electrons. The average Bonchev–Trinajstić information content (AvgIpc) is 2.44. The molecule has 0 amide bonds. The summed E-state index contributed by atoms with van der Waals surface area (Å²) in [6.07, 6.45) is 1.59. The molecule has 6 heteroatoms. The van der Waals surface area contributed by atoms with Crippen LogP contribution in [0.25, 0.3) is 0 Å². The van der Waals surface area contributed by atoms with Gasteiger partial charge in [-0.1, -0.05) is 27.5 Å². The van der Waals surface area contributed by atoms with Gasteiger partial charge < -0.3 is 9.84 Å². The highest BCUT2D eigenvalue weighted by molar-refractivity contribution is 9.10. The van der Waals surface area contributed by atoms with E-state index in [1.54, 1.807) is 18.3 Å². The molecule has 2 rings (SSSR count). The van der Waals surface area contributed by atoms with Gasteiger partial charge >= 0.3 is 0 Å². The summed E-state index contributed by atoms with van der Waals surface area (Å²) in [4.78, 5) is 0. The summed E-state index contributed by atoms with van der Waals surface area (Å²) in [6.45, 7) is 0. The topological polar surface area (TPSA) is 53.8 Å². The summed E-state index contributed by atoms with van der Waals surface area (Å²) >= 11 is 9.26. The monoisotopic (exact) mass is 354 g/mol. The van der Waals surface area contributed by atoms with E-state index in [2.05, 4.69) is 26.5 Å². The summed E-state index contributed by atoms with van der Waals surface area (Å²) in [6, 6.07) is 10.9. The maximum absolute atomic E-state index is 9.63. The van der Waals surface area contributed by atoms with Crippen LogP contribution in [0.15, 0.2) is 46.0 Å². The molecule has 0 aromatic heterocycles. The first-order valence-corrected chi connectivity index (χ1v) is 6.88. The van der Waals surface area contributed by atoms with Gasteiger partial charge in [-0.3, -0.25) is 5.43 Å². The van der Waals surface area contributed by atoms with Gasteiger partial charge in [0.1, 0.15) is 0 Å². The zero-order valence-corrected chi connectivity index (χ0v) is 12.9. The van der Waals surface area contributed by atoms with Gasteiger partial charge in [0.2, 0.25) is 0 Å². The van der Waals surface area contributed by atoms with E-state index in [-0.39, 0.29) is 10.8 Å². The molecule has 0 heterocycles. The Hall–Kier alpha value is -1.72. The van der Waals surface area contributed by atoms with Crippen LogP contribution in [-0.2, 0) is 0 Å². The predicted molar refractivity (Wildman–Crippen MR) is 85.0 cm³/mol. The first kappa shape index (κ1) is 14.7. The molecule has 0 aliphatic rings. The first-order chi connectivity index (χ1) is 9.60. The van der Waals surface area contributed by atoms with Crippen LogP contribution in [0.3, 0.4) is 0 Å². The Labute approximate surface area is 130 Å². The van der Waals surface area contributed by atoms with Gasteiger partial charge in [0.25, 0.3) is 0 Å². The number of benzene rings is 2. The molecule has 0 saturated carbocycles. The summed E-state index contributed by atoms with van der Waals surface area (Å²) in [5, 5.41) is 13.9. The van der Waals surface area contributed by atoms with Gasteiger partial charge in [-0.2, -0.15) is 5.10 Å². The summed E-state index contributed by atoms with van der Waals surface area (Å²) in [5.74, 6) is 0.231. The predicted octanol–water partition coefficient (Wildman–Crippen LogP) is 4.26. The molecule has 0 atom stereocenters. The number of nitrogens with one attached hydrogen (secondary N) is 1. The number of halogens is 2. The van der Waals surface area contributed by atoms with Crippen LogP contribution in [0.5, 0.6) is 11.5 Å². The normalized spacial score (nSPS) is 10.8. The quantitative estimate of drug-likeness (QED) is 0.636. The van der Waals surface area contributed by atoms with Crippen molar-refractivity contribution in [2.75, 3.05) is 12.5 Å². The van der Waals surface area contributed by atoms with E-state index in [9.17, 15) is 5.11 Å². The molecule has 2 N–H and O–H groups in total. The van der Waals surface area contributed by atoms with E-state index >= 15 is 0 Å². The third kappa shape index (κ3) is 3.65. The minimum atomic E-state index is -0.0767. The lowest BCUT2D eigenvalue weighted by molar-refractivity contribution is 0.373. The van der Waals surface area contributed by atoms with Crippen LogP contribution >= 0.6 is 27.5 Å². The molecule has 0 saturated heterocycles. The Morgan fingerprint density at radius 2 is 2.00 bits per heavy atom. The lowest BCUT2D eigenvalue weighted by atomic mass is 10.2. The van der Waals surface area contributed by atoms with Gasteiger partial charge in [0.15, 0.2) is 11.5 Å². The molecule has 0 radical (unpaired) electrons. The van der Waals surface area contributed by atoms with Crippen LogP contribution in [0, 0.1) is 0 Å². The third-order valence-corrected chi connectivity index (χ3v) is 3.34. The van der Waals surface area contributed by atoms with Crippen molar-refractivity contribution in [3.8, 4) is 11.5 Å². The van der Waals surface area contributed by atoms with Crippen molar-refractivity contribution in [1.29, 1.82) is 0 Å². The van der Waals surface area contributed by atoms with Crippen LogP contribution in [-0.4, -0.2) is 18.4 Å². The molecule has 4 nitrogen and oxygen atoms in total. The molecule has 0 bridgehead atoms. The number of rotatable bonds is 4. The van der Waals surface area contributed by atoms with Crippen molar-refractivity contribution >= 4 is 39.4 Å². The number of ether oxygens (including phenoxy) is 1. The number of hydrogen-bond acceptors (Lipinski definition) is 4. The second kappa shape index (κ2) is 6.63. The summed E-state index contributed by atoms with van der Waals surface area (Å²) in [5.41, 5.74) is 4.47. The number of hydrogen-bond donors (Lipinski definition) is 2. The Bertz CT molecular complexity index is 630. The van der Waals surface area contributed by atoms with Crippen LogP contribution < -0.4 is 10.2 Å². The van der Waals surface area contributed by atoms with Crippen molar-refractivity contribution in [3.63, 3.8) is 0 Å². The van der Waals surface area contributed by atoms with E-state index in [4.69, 9.17) is 16.3 Å². The second-order valence-electron chi connectivity index (χ2n) is 3.93. The third-order valence-electron chi connectivity index (χ3n) is 2.52. The highest BCUT2D eigenvalue weighted by atomic mass is 79.9. The molecule has 0 fully saturated rings. The maximum Gasteiger partial charge on any atom is 0.176 e. The van der Waals surface area contributed by atoms with E-state index in [0.717, 1.165) is 10.2 Å². The smallest absolute Gasteiger partial charge is 0.176 e. The van der Waals surface area contributed by atoms with Gasteiger partial charge in [-0.05, 0) is 42.0 Å². The van der Waals surface area contributed by atoms with E-state index in [1.165, 1.54) is 7.11 Å². The second-order valence-corrected chi connectivity index (χ2v) is 5.25. The molecule has 0 unspecified atom stereocenters. The number of nitrogens with zero attached hydrogens (tertiary/aromatic N) is 1. The van der Waals surface area contributed by atoms with Crippen molar-refractivity contribution in [2.24, 2.45) is 5.10 Å². The van der Waals surface area contributed by atoms with Gasteiger partial charge in [0, 0.05) is 4.47 Å². The minimum absolute atomic E-state index is 0.0767. The maximum atomic E-state index is 9.63. The molecule has 20 heavy (non-hydrogen) atoms. The van der Waals surface area contributed by atoms with Crippen LogP contribution in [0.1, 0.15) is 5.56 Å². The molecule has 0 aliphatic carbocycles. The molecule has 2 aromatic rings. The number of hydrazone groups is 1. The lowest BCUT2D eigenvalue weighted by Crippen LogP contribution is -1.92. The Morgan fingerprint density at radius 1 is 1.30 bits per heavy atom. The standard InChI is InChI=1S/C14H12BrClN2O2/c1-20-13-7-9(6-12(16)14(13)19)8-17-18-11-4-2-10(15)3-5-11/h2-8,18-19H,1H3/b17-8+. The summed E-state index contributed by atoms with van der Waals surface area (Å²) < 4.78 is 6.02. The average molecular weight is 356 g/mol. The van der Waals surface area contributed by atoms with Crippen molar-refractivity contribution in [3.05, 3.63) is 51.5 Å². The highest BCUT2D eigenvalue weighted by Crippen LogP contribution is 2.34. The highest BCUT2D eigenvalue weighted by Gasteiger charge is 2.07.